The minimum Gasteiger partial charge on any atom is -0.443 e. The van der Waals surface area contributed by atoms with E-state index < -0.39 is 0 Å². The SMILES string of the molecule is Cc1cc(-c2cnco2)c2ncc(C(=O)N3C4COCC3C4)n2c1. The summed E-state index contributed by atoms with van der Waals surface area (Å²) in [4.78, 5) is 23.4. The average molecular weight is 324 g/mol. The number of carbonyl (C=O) groups excluding carboxylic acids is 1. The van der Waals surface area contributed by atoms with Crippen LogP contribution in [0.4, 0.5) is 0 Å². The number of pyridine rings is 1. The number of rotatable bonds is 2. The molecule has 5 rings (SSSR count). The summed E-state index contributed by atoms with van der Waals surface area (Å²) >= 11 is 0. The van der Waals surface area contributed by atoms with Gasteiger partial charge in [0.05, 0.1) is 43.3 Å². The van der Waals surface area contributed by atoms with Crippen molar-refractivity contribution in [3.8, 4) is 11.3 Å². The lowest BCUT2D eigenvalue weighted by Gasteiger charge is -2.52. The minimum atomic E-state index is 0.0150. The van der Waals surface area contributed by atoms with Gasteiger partial charge >= 0.3 is 0 Å². The molecular formula is C17H16N4O3. The molecule has 2 aliphatic rings. The van der Waals surface area contributed by atoms with Crippen LogP contribution >= 0.6 is 0 Å². The molecule has 0 aromatic carbocycles. The van der Waals surface area contributed by atoms with Gasteiger partial charge in [0.15, 0.2) is 12.2 Å². The van der Waals surface area contributed by atoms with Crippen LogP contribution in [-0.4, -0.2) is 50.5 Å². The number of hydrogen-bond acceptors (Lipinski definition) is 5. The van der Waals surface area contributed by atoms with Crippen molar-refractivity contribution in [2.24, 2.45) is 0 Å². The van der Waals surface area contributed by atoms with Crippen LogP contribution in [0.15, 0.2) is 35.5 Å². The van der Waals surface area contributed by atoms with Crippen LogP contribution in [0.5, 0.6) is 0 Å². The Morgan fingerprint density at radius 1 is 1.29 bits per heavy atom. The molecule has 0 radical (unpaired) electrons. The van der Waals surface area contributed by atoms with E-state index in [-0.39, 0.29) is 18.0 Å². The summed E-state index contributed by atoms with van der Waals surface area (Å²) in [6, 6.07) is 2.38. The molecule has 0 saturated carbocycles. The minimum absolute atomic E-state index is 0.0150. The van der Waals surface area contributed by atoms with Crippen molar-refractivity contribution in [2.75, 3.05) is 13.2 Å². The Morgan fingerprint density at radius 3 is 2.83 bits per heavy atom. The molecule has 122 valence electrons. The van der Waals surface area contributed by atoms with E-state index in [0.29, 0.717) is 30.3 Å². The molecule has 7 heteroatoms. The van der Waals surface area contributed by atoms with Crippen LogP contribution in [0.2, 0.25) is 0 Å². The van der Waals surface area contributed by atoms with E-state index in [1.54, 1.807) is 12.4 Å². The fourth-order valence-corrected chi connectivity index (χ4v) is 3.71. The highest BCUT2D eigenvalue weighted by atomic mass is 16.5. The van der Waals surface area contributed by atoms with Gasteiger partial charge in [0.25, 0.3) is 5.91 Å². The van der Waals surface area contributed by atoms with Gasteiger partial charge in [-0.1, -0.05) is 0 Å². The molecule has 1 amide bonds. The monoisotopic (exact) mass is 324 g/mol. The molecule has 2 fully saturated rings. The third-order valence-corrected chi connectivity index (χ3v) is 4.85. The lowest BCUT2D eigenvalue weighted by Crippen LogP contribution is -2.65. The molecule has 2 bridgehead atoms. The van der Waals surface area contributed by atoms with Gasteiger partial charge in [-0.15, -0.1) is 0 Å². The van der Waals surface area contributed by atoms with Gasteiger partial charge in [-0.05, 0) is 25.0 Å². The van der Waals surface area contributed by atoms with Crippen LogP contribution in [0.3, 0.4) is 0 Å². The van der Waals surface area contributed by atoms with Gasteiger partial charge in [0.2, 0.25) is 0 Å². The predicted molar refractivity (Wildman–Crippen MR) is 84.6 cm³/mol. The molecule has 2 atom stereocenters. The number of ether oxygens (including phenoxy) is 1. The average Bonchev–Trinajstić information content (AvgIpc) is 3.24. The van der Waals surface area contributed by atoms with E-state index in [9.17, 15) is 4.79 Å². The van der Waals surface area contributed by atoms with Crippen LogP contribution in [-0.2, 0) is 4.74 Å². The number of morpholine rings is 1. The zero-order valence-corrected chi connectivity index (χ0v) is 13.2. The normalized spacial score (nSPS) is 22.6. The van der Waals surface area contributed by atoms with Gasteiger partial charge in [-0.2, -0.15) is 0 Å². The number of carbonyl (C=O) groups is 1. The number of imidazole rings is 1. The molecule has 0 spiro atoms. The summed E-state index contributed by atoms with van der Waals surface area (Å²) in [5, 5.41) is 0. The Kier molecular flexibility index (Phi) is 2.81. The maximum absolute atomic E-state index is 13.0. The Morgan fingerprint density at radius 2 is 2.12 bits per heavy atom. The Bertz CT molecular complexity index is 917. The predicted octanol–water partition coefficient (Wildman–Crippen LogP) is 1.91. The summed E-state index contributed by atoms with van der Waals surface area (Å²) < 4.78 is 12.7. The van der Waals surface area contributed by atoms with Crippen molar-refractivity contribution in [1.29, 1.82) is 0 Å². The molecule has 0 N–H and O–H groups in total. The van der Waals surface area contributed by atoms with Gasteiger partial charge in [0, 0.05) is 6.20 Å². The van der Waals surface area contributed by atoms with Crippen molar-refractivity contribution >= 4 is 11.6 Å². The largest absolute Gasteiger partial charge is 0.443 e. The fraction of sp³-hybridized carbons (Fsp3) is 0.353. The van der Waals surface area contributed by atoms with E-state index in [2.05, 4.69) is 9.97 Å². The first-order valence-corrected chi connectivity index (χ1v) is 7.99. The van der Waals surface area contributed by atoms with Crippen LogP contribution in [0.25, 0.3) is 17.0 Å². The maximum atomic E-state index is 13.0. The molecule has 24 heavy (non-hydrogen) atoms. The molecule has 2 saturated heterocycles. The zero-order valence-electron chi connectivity index (χ0n) is 13.2. The van der Waals surface area contributed by atoms with E-state index in [0.717, 1.165) is 17.5 Å². The summed E-state index contributed by atoms with van der Waals surface area (Å²) in [6.07, 6.45) is 7.66. The molecule has 2 unspecified atom stereocenters. The lowest BCUT2D eigenvalue weighted by atomic mass is 9.91. The van der Waals surface area contributed by atoms with Gasteiger partial charge in [-0.3, -0.25) is 9.20 Å². The Balaban J connectivity index is 1.62. The van der Waals surface area contributed by atoms with Gasteiger partial charge in [0.1, 0.15) is 11.3 Å². The number of oxazole rings is 1. The quantitative estimate of drug-likeness (QED) is 0.720. The highest BCUT2D eigenvalue weighted by Gasteiger charge is 2.46. The van der Waals surface area contributed by atoms with E-state index in [1.807, 2.05) is 28.5 Å². The van der Waals surface area contributed by atoms with Crippen molar-refractivity contribution in [3.05, 3.63) is 42.3 Å². The molecule has 0 aliphatic carbocycles. The van der Waals surface area contributed by atoms with Crippen LogP contribution in [0.1, 0.15) is 22.5 Å². The highest BCUT2D eigenvalue weighted by Crippen LogP contribution is 2.33. The summed E-state index contributed by atoms with van der Waals surface area (Å²) in [5.41, 5.74) is 3.13. The lowest BCUT2D eigenvalue weighted by molar-refractivity contribution is -0.104. The first kappa shape index (κ1) is 13.7. The second kappa shape index (κ2) is 4.91. The zero-order chi connectivity index (χ0) is 16.3. The van der Waals surface area contributed by atoms with Crippen molar-refractivity contribution in [3.63, 3.8) is 0 Å². The maximum Gasteiger partial charge on any atom is 0.273 e. The Labute approximate surface area is 137 Å². The van der Waals surface area contributed by atoms with E-state index in [1.165, 1.54) is 6.39 Å². The van der Waals surface area contributed by atoms with E-state index in [4.69, 9.17) is 9.15 Å². The summed E-state index contributed by atoms with van der Waals surface area (Å²) in [7, 11) is 0. The van der Waals surface area contributed by atoms with Crippen molar-refractivity contribution < 1.29 is 13.9 Å². The van der Waals surface area contributed by atoms with Crippen LogP contribution in [0, 0.1) is 6.92 Å². The number of hydrogen-bond donors (Lipinski definition) is 0. The topological polar surface area (TPSA) is 72.9 Å². The number of nitrogens with zero attached hydrogens (tertiary/aromatic N) is 4. The molecule has 2 aliphatic heterocycles. The third kappa shape index (κ3) is 1.85. The molecule has 7 nitrogen and oxygen atoms in total. The Hall–Kier alpha value is -2.67. The van der Waals surface area contributed by atoms with Crippen LogP contribution < -0.4 is 0 Å². The smallest absolute Gasteiger partial charge is 0.273 e. The number of amides is 1. The van der Waals surface area contributed by atoms with Crippen molar-refractivity contribution in [1.82, 2.24) is 19.3 Å². The summed E-state index contributed by atoms with van der Waals surface area (Å²) in [5.74, 6) is 0.656. The highest BCUT2D eigenvalue weighted by molar-refractivity contribution is 5.95. The molecule has 3 aromatic heterocycles. The number of aryl methyl sites for hydroxylation is 1. The van der Waals surface area contributed by atoms with Gasteiger partial charge < -0.3 is 14.1 Å². The molecule has 5 heterocycles. The number of aromatic nitrogens is 3. The first-order chi connectivity index (χ1) is 11.7. The molecule has 3 aromatic rings. The second-order valence-electron chi connectivity index (χ2n) is 6.43. The standard InChI is InChI=1S/C17H16N4O3/c1-10-2-13(15-5-18-9-24-15)16-19-4-14(20(16)6-10)17(22)21-11-3-12(21)8-23-7-11/h2,4-6,9,11-12H,3,7-8H2,1H3. The van der Waals surface area contributed by atoms with E-state index >= 15 is 0 Å². The van der Waals surface area contributed by atoms with Gasteiger partial charge in [-0.25, -0.2) is 9.97 Å². The fourth-order valence-electron chi connectivity index (χ4n) is 3.71. The summed E-state index contributed by atoms with van der Waals surface area (Å²) in [6.45, 7) is 3.24. The second-order valence-corrected chi connectivity index (χ2v) is 6.43. The van der Waals surface area contributed by atoms with Crippen molar-refractivity contribution in [2.45, 2.75) is 25.4 Å². The number of fused-ring (bicyclic) bond motifs is 3. The first-order valence-electron chi connectivity index (χ1n) is 7.99. The third-order valence-electron chi connectivity index (χ3n) is 4.85. The molecular weight excluding hydrogens is 308 g/mol.